The maximum atomic E-state index is 12.0. The summed E-state index contributed by atoms with van der Waals surface area (Å²) in [5.74, 6) is 0.369. The molecule has 0 radical (unpaired) electrons. The maximum absolute atomic E-state index is 12.0. The van der Waals surface area contributed by atoms with E-state index < -0.39 is 16.8 Å². The highest BCUT2D eigenvalue weighted by atomic mass is 79.9. The molecule has 5 nitrogen and oxygen atoms in total. The predicted octanol–water partition coefficient (Wildman–Crippen LogP) is 7.08. The van der Waals surface area contributed by atoms with E-state index in [0.717, 1.165) is 0 Å². The first-order valence-electron chi connectivity index (χ1n) is 13.1. The Labute approximate surface area is 236 Å². The van der Waals surface area contributed by atoms with E-state index in [1.807, 2.05) is 18.2 Å². The smallest absolute Gasteiger partial charge is 0.344 e. The van der Waals surface area contributed by atoms with Crippen LogP contribution in [-0.4, -0.2) is 36.6 Å². The van der Waals surface area contributed by atoms with Crippen molar-refractivity contribution in [3.8, 4) is 5.75 Å². The lowest BCUT2D eigenvalue weighted by Crippen LogP contribution is -2.20. The minimum atomic E-state index is -0.515. The average molecular weight is 599 g/mol. The van der Waals surface area contributed by atoms with Crippen molar-refractivity contribution >= 4 is 38.8 Å². The Kier molecular flexibility index (Phi) is 10.7. The van der Waals surface area contributed by atoms with Crippen LogP contribution in [0.1, 0.15) is 50.5 Å². The molecule has 3 aromatic rings. The maximum Gasteiger partial charge on any atom is 0.344 e. The number of hydrogen-bond acceptors (Lipinski definition) is 5. The van der Waals surface area contributed by atoms with Crippen LogP contribution >= 0.6 is 15.9 Å². The van der Waals surface area contributed by atoms with Crippen LogP contribution in [0.3, 0.4) is 0 Å². The second-order valence-corrected chi connectivity index (χ2v) is 12.7. The minimum absolute atomic E-state index is 0.00793. The molecule has 200 valence electrons. The van der Waals surface area contributed by atoms with Crippen molar-refractivity contribution in [2.24, 2.45) is 0 Å². The highest BCUT2D eigenvalue weighted by molar-refractivity contribution is 9.10. The fourth-order valence-electron chi connectivity index (χ4n) is 4.55. The van der Waals surface area contributed by atoms with Gasteiger partial charge in [-0.1, -0.05) is 65.5 Å². The number of rotatable bonds is 11. The van der Waals surface area contributed by atoms with Gasteiger partial charge in [0.15, 0.2) is 21.3 Å². The molecule has 7 heteroatoms. The van der Waals surface area contributed by atoms with Gasteiger partial charge in [0.05, 0.1) is 10.9 Å². The molecule has 3 aromatic carbocycles. The van der Waals surface area contributed by atoms with E-state index in [4.69, 9.17) is 14.2 Å². The van der Waals surface area contributed by atoms with Gasteiger partial charge < -0.3 is 14.2 Å². The topological polar surface area (TPSA) is 61.8 Å². The van der Waals surface area contributed by atoms with Crippen molar-refractivity contribution < 1.29 is 23.8 Å². The van der Waals surface area contributed by atoms with Crippen molar-refractivity contribution in [1.82, 2.24) is 0 Å². The van der Waals surface area contributed by atoms with Gasteiger partial charge >= 0.3 is 11.9 Å². The first-order chi connectivity index (χ1) is 18.5. The van der Waals surface area contributed by atoms with Crippen LogP contribution in [0.25, 0.3) is 0 Å². The van der Waals surface area contributed by atoms with Crippen molar-refractivity contribution in [2.75, 3.05) is 19.8 Å². The van der Waals surface area contributed by atoms with Crippen LogP contribution in [0.5, 0.6) is 5.75 Å². The molecule has 0 saturated heterocycles. The Balaban J connectivity index is 1.38. The Morgan fingerprint density at radius 3 is 2.03 bits per heavy atom. The number of hydrogen-bond donors (Lipinski definition) is 0. The van der Waals surface area contributed by atoms with Crippen LogP contribution in [0.4, 0.5) is 0 Å². The Morgan fingerprint density at radius 2 is 1.39 bits per heavy atom. The van der Waals surface area contributed by atoms with E-state index in [-0.39, 0.29) is 30.7 Å². The number of esters is 2. The van der Waals surface area contributed by atoms with Gasteiger partial charge in [-0.2, -0.15) is 0 Å². The quantitative estimate of drug-likeness (QED) is 0.102. The van der Waals surface area contributed by atoms with Crippen LogP contribution in [-0.2, 0) is 30.0 Å². The Bertz CT molecular complexity index is 1160. The molecule has 38 heavy (non-hydrogen) atoms. The summed E-state index contributed by atoms with van der Waals surface area (Å²) >= 11 is 3.13. The third-order valence-electron chi connectivity index (χ3n) is 6.50. The van der Waals surface area contributed by atoms with Crippen molar-refractivity contribution in [3.63, 3.8) is 0 Å². The Hall–Kier alpha value is -2.77. The molecule has 1 saturated carbocycles. The summed E-state index contributed by atoms with van der Waals surface area (Å²) in [5, 5.41) is 0. The SMILES string of the molecule is CC(Br)C(=O)OCCOC(=O)COc1ccc([S+](c2ccccc2)c2ccc(C3CCCCC3)cc2)cc1. The summed E-state index contributed by atoms with van der Waals surface area (Å²) in [4.78, 5) is 26.7. The van der Waals surface area contributed by atoms with Crippen LogP contribution in [0, 0.1) is 0 Å². The van der Waals surface area contributed by atoms with E-state index in [2.05, 4.69) is 76.6 Å². The first kappa shape index (κ1) is 28.2. The molecule has 1 aliphatic rings. The van der Waals surface area contributed by atoms with Crippen LogP contribution < -0.4 is 4.74 Å². The highest BCUT2D eigenvalue weighted by Crippen LogP contribution is 2.36. The number of alkyl halides is 1. The lowest BCUT2D eigenvalue weighted by molar-refractivity contribution is -0.153. The van der Waals surface area contributed by atoms with Gasteiger partial charge in [-0.05, 0) is 79.8 Å². The van der Waals surface area contributed by atoms with Crippen LogP contribution in [0.2, 0.25) is 0 Å². The number of benzene rings is 3. The second kappa shape index (κ2) is 14.4. The molecule has 0 bridgehead atoms. The van der Waals surface area contributed by atoms with E-state index in [1.54, 1.807) is 6.92 Å². The molecule has 4 rings (SSSR count). The molecular weight excluding hydrogens is 564 g/mol. The van der Waals surface area contributed by atoms with Crippen molar-refractivity contribution in [3.05, 3.63) is 84.4 Å². The van der Waals surface area contributed by atoms with Gasteiger partial charge in [0.25, 0.3) is 0 Å². The summed E-state index contributed by atoms with van der Waals surface area (Å²) in [6.07, 6.45) is 6.62. The highest BCUT2D eigenvalue weighted by Gasteiger charge is 2.29. The van der Waals surface area contributed by atoms with Gasteiger partial charge in [-0.3, -0.25) is 4.79 Å². The summed E-state index contributed by atoms with van der Waals surface area (Å²) < 4.78 is 15.7. The van der Waals surface area contributed by atoms with Crippen LogP contribution in [0.15, 0.2) is 93.5 Å². The molecule has 2 unspecified atom stereocenters. The molecule has 0 aromatic heterocycles. The summed E-state index contributed by atoms with van der Waals surface area (Å²) in [6, 6.07) is 27.7. The molecule has 0 aliphatic heterocycles. The number of ether oxygens (including phenoxy) is 3. The normalized spacial score (nSPS) is 15.3. The fourth-order valence-corrected chi connectivity index (χ4v) is 6.74. The number of halogens is 1. The largest absolute Gasteiger partial charge is 0.482 e. The summed E-state index contributed by atoms with van der Waals surface area (Å²) in [6.45, 7) is 1.46. The van der Waals surface area contributed by atoms with Gasteiger partial charge in [0, 0.05) is 0 Å². The van der Waals surface area contributed by atoms with Gasteiger partial charge in [-0.15, -0.1) is 0 Å². The molecule has 0 spiro atoms. The Morgan fingerprint density at radius 1 is 0.816 bits per heavy atom. The standard InChI is InChI=1S/C31H34BrO5S/c1-23(32)31(34)36-21-20-35-30(33)22-37-26-14-18-29(19-15-26)38(27-10-6-3-7-11-27)28-16-12-25(13-17-28)24-8-4-2-5-9-24/h3,6-7,10-19,23-24H,2,4-5,8-9,20-22H2,1H3/q+1. The van der Waals surface area contributed by atoms with Gasteiger partial charge in [0.1, 0.15) is 23.8 Å². The molecule has 1 fully saturated rings. The van der Waals surface area contributed by atoms with E-state index in [0.29, 0.717) is 11.7 Å². The molecule has 0 amide bonds. The van der Waals surface area contributed by atoms with Gasteiger partial charge in [-0.25, -0.2) is 4.79 Å². The predicted molar refractivity (Wildman–Crippen MR) is 153 cm³/mol. The zero-order valence-electron chi connectivity index (χ0n) is 21.6. The lowest BCUT2D eigenvalue weighted by atomic mass is 9.84. The van der Waals surface area contributed by atoms with Crippen molar-refractivity contribution in [1.29, 1.82) is 0 Å². The zero-order valence-corrected chi connectivity index (χ0v) is 24.0. The number of carbonyl (C=O) groups is 2. The zero-order chi connectivity index (χ0) is 26.7. The van der Waals surface area contributed by atoms with Crippen molar-refractivity contribution in [2.45, 2.75) is 64.5 Å². The molecule has 0 N–H and O–H groups in total. The average Bonchev–Trinajstić information content (AvgIpc) is 2.96. The summed E-state index contributed by atoms with van der Waals surface area (Å²) in [7, 11) is -0.254. The molecule has 0 heterocycles. The minimum Gasteiger partial charge on any atom is -0.482 e. The molecular formula is C31H34BrO5S+. The fraction of sp³-hybridized carbons (Fsp3) is 0.355. The number of carbonyl (C=O) groups excluding carboxylic acids is 2. The summed E-state index contributed by atoms with van der Waals surface area (Å²) in [5.41, 5.74) is 1.46. The molecule has 2 atom stereocenters. The molecule has 1 aliphatic carbocycles. The van der Waals surface area contributed by atoms with E-state index >= 15 is 0 Å². The third kappa shape index (κ3) is 8.11. The second-order valence-electron chi connectivity index (χ2n) is 9.29. The van der Waals surface area contributed by atoms with Gasteiger partial charge in [0.2, 0.25) is 0 Å². The monoisotopic (exact) mass is 597 g/mol. The first-order valence-corrected chi connectivity index (χ1v) is 15.2. The van der Waals surface area contributed by atoms with E-state index in [1.165, 1.54) is 52.4 Å². The third-order valence-corrected chi connectivity index (χ3v) is 9.11. The van der Waals surface area contributed by atoms with E-state index in [9.17, 15) is 9.59 Å². The lowest BCUT2D eigenvalue weighted by Gasteiger charge is -2.22.